The van der Waals surface area contributed by atoms with Gasteiger partial charge in [-0.3, -0.25) is 0 Å². The highest BCUT2D eigenvalue weighted by atomic mass is 35.5. The summed E-state index contributed by atoms with van der Waals surface area (Å²) in [5, 5.41) is 1.08. The van der Waals surface area contributed by atoms with Crippen molar-refractivity contribution in [3.05, 3.63) is 69.2 Å². The van der Waals surface area contributed by atoms with E-state index in [1.165, 1.54) is 5.56 Å². The van der Waals surface area contributed by atoms with Gasteiger partial charge in [-0.25, -0.2) is 0 Å². The van der Waals surface area contributed by atoms with Gasteiger partial charge in [-0.1, -0.05) is 66.5 Å². The Morgan fingerprint density at radius 2 is 1.67 bits per heavy atom. The molecule has 0 radical (unpaired) electrons. The standard InChI is InChI=1S/C15H15Cl2N/c1-2-10-6-3-4-7-11(10)15(18)12-8-5-9-13(16)14(12)17/h3-9,15H,2,18H2,1H3. The number of hydrogen-bond donors (Lipinski definition) is 1. The molecule has 1 unspecified atom stereocenters. The molecule has 0 bridgehead atoms. The Morgan fingerprint density at radius 1 is 1.00 bits per heavy atom. The van der Waals surface area contributed by atoms with E-state index in [1.807, 2.05) is 30.3 Å². The number of halogens is 2. The zero-order chi connectivity index (χ0) is 13.1. The van der Waals surface area contributed by atoms with Crippen molar-refractivity contribution in [3.63, 3.8) is 0 Å². The Hall–Kier alpha value is -1.02. The van der Waals surface area contributed by atoms with Gasteiger partial charge in [0.25, 0.3) is 0 Å². The van der Waals surface area contributed by atoms with E-state index in [0.717, 1.165) is 17.5 Å². The third-order valence-corrected chi connectivity index (χ3v) is 3.92. The first-order valence-corrected chi connectivity index (χ1v) is 6.68. The van der Waals surface area contributed by atoms with Crippen molar-refractivity contribution in [2.45, 2.75) is 19.4 Å². The average molecular weight is 280 g/mol. The Bertz CT molecular complexity index is 552. The Labute approximate surface area is 118 Å². The van der Waals surface area contributed by atoms with Gasteiger partial charge >= 0.3 is 0 Å². The van der Waals surface area contributed by atoms with E-state index >= 15 is 0 Å². The number of hydrogen-bond acceptors (Lipinski definition) is 1. The summed E-state index contributed by atoms with van der Waals surface area (Å²) in [6, 6.07) is 13.5. The maximum Gasteiger partial charge on any atom is 0.0643 e. The number of aryl methyl sites for hydroxylation is 1. The molecule has 0 saturated carbocycles. The second-order valence-electron chi connectivity index (χ2n) is 4.17. The van der Waals surface area contributed by atoms with E-state index in [0.29, 0.717) is 10.0 Å². The lowest BCUT2D eigenvalue weighted by atomic mass is 9.94. The Kier molecular flexibility index (Phi) is 4.28. The molecule has 0 fully saturated rings. The van der Waals surface area contributed by atoms with Crippen molar-refractivity contribution in [1.29, 1.82) is 0 Å². The van der Waals surface area contributed by atoms with Gasteiger partial charge in [-0.2, -0.15) is 0 Å². The molecule has 0 aliphatic rings. The largest absolute Gasteiger partial charge is 0.320 e. The molecule has 0 amide bonds. The third kappa shape index (κ3) is 2.54. The van der Waals surface area contributed by atoms with Crippen LogP contribution in [-0.4, -0.2) is 0 Å². The van der Waals surface area contributed by atoms with Crippen LogP contribution in [0.15, 0.2) is 42.5 Å². The maximum absolute atomic E-state index is 6.32. The summed E-state index contributed by atoms with van der Waals surface area (Å²) in [5.74, 6) is 0. The predicted molar refractivity (Wildman–Crippen MR) is 78.3 cm³/mol. The van der Waals surface area contributed by atoms with Crippen LogP contribution < -0.4 is 5.73 Å². The highest BCUT2D eigenvalue weighted by molar-refractivity contribution is 6.42. The van der Waals surface area contributed by atoms with E-state index in [2.05, 4.69) is 13.0 Å². The third-order valence-electron chi connectivity index (χ3n) is 3.09. The van der Waals surface area contributed by atoms with Crippen LogP contribution in [0.3, 0.4) is 0 Å². The van der Waals surface area contributed by atoms with E-state index in [1.54, 1.807) is 6.07 Å². The molecule has 0 spiro atoms. The van der Waals surface area contributed by atoms with Gasteiger partial charge in [0, 0.05) is 0 Å². The minimum absolute atomic E-state index is 0.243. The lowest BCUT2D eigenvalue weighted by Gasteiger charge is -2.18. The van der Waals surface area contributed by atoms with Crippen molar-refractivity contribution >= 4 is 23.2 Å². The monoisotopic (exact) mass is 279 g/mol. The van der Waals surface area contributed by atoms with Gasteiger partial charge < -0.3 is 5.73 Å². The fourth-order valence-electron chi connectivity index (χ4n) is 2.09. The molecule has 0 saturated heterocycles. The zero-order valence-electron chi connectivity index (χ0n) is 10.2. The lowest BCUT2D eigenvalue weighted by Crippen LogP contribution is -2.14. The minimum Gasteiger partial charge on any atom is -0.320 e. The number of rotatable bonds is 3. The molecule has 2 rings (SSSR count). The molecule has 1 atom stereocenters. The van der Waals surface area contributed by atoms with Gasteiger partial charge in [0.05, 0.1) is 16.1 Å². The first-order chi connectivity index (χ1) is 8.65. The Balaban J connectivity index is 2.48. The topological polar surface area (TPSA) is 26.0 Å². The second-order valence-corrected chi connectivity index (χ2v) is 4.96. The maximum atomic E-state index is 6.32. The van der Waals surface area contributed by atoms with Crippen LogP contribution in [-0.2, 0) is 6.42 Å². The molecular formula is C15H15Cl2N. The van der Waals surface area contributed by atoms with Crippen LogP contribution in [0.4, 0.5) is 0 Å². The molecule has 0 aliphatic heterocycles. The molecule has 0 aliphatic carbocycles. The molecule has 94 valence electrons. The molecule has 0 heterocycles. The van der Waals surface area contributed by atoms with Crippen LogP contribution in [0.25, 0.3) is 0 Å². The second kappa shape index (κ2) is 5.75. The summed E-state index contributed by atoms with van der Waals surface area (Å²) < 4.78 is 0. The highest BCUT2D eigenvalue weighted by Crippen LogP contribution is 2.32. The number of benzene rings is 2. The van der Waals surface area contributed by atoms with Crippen LogP contribution in [0.5, 0.6) is 0 Å². The molecular weight excluding hydrogens is 265 g/mol. The van der Waals surface area contributed by atoms with Gasteiger partial charge in [0.15, 0.2) is 0 Å². The van der Waals surface area contributed by atoms with E-state index in [4.69, 9.17) is 28.9 Å². The normalized spacial score (nSPS) is 12.4. The molecule has 18 heavy (non-hydrogen) atoms. The molecule has 3 heteroatoms. The van der Waals surface area contributed by atoms with Crippen LogP contribution in [0.1, 0.15) is 29.7 Å². The summed E-state index contributed by atoms with van der Waals surface area (Å²) in [6.07, 6.45) is 0.946. The average Bonchev–Trinajstić information content (AvgIpc) is 2.41. The zero-order valence-corrected chi connectivity index (χ0v) is 11.7. The van der Waals surface area contributed by atoms with Crippen molar-refractivity contribution in [3.8, 4) is 0 Å². The summed E-state index contributed by atoms with van der Waals surface area (Å²) >= 11 is 12.3. The fourth-order valence-corrected chi connectivity index (χ4v) is 2.51. The van der Waals surface area contributed by atoms with Crippen molar-refractivity contribution in [1.82, 2.24) is 0 Å². The smallest absolute Gasteiger partial charge is 0.0643 e. The lowest BCUT2D eigenvalue weighted by molar-refractivity contribution is 0.850. The van der Waals surface area contributed by atoms with Crippen LogP contribution >= 0.6 is 23.2 Å². The highest BCUT2D eigenvalue weighted by Gasteiger charge is 2.16. The quantitative estimate of drug-likeness (QED) is 0.873. The first-order valence-electron chi connectivity index (χ1n) is 5.92. The SMILES string of the molecule is CCc1ccccc1C(N)c1cccc(Cl)c1Cl. The molecule has 2 aromatic carbocycles. The first kappa shape index (κ1) is 13.4. The molecule has 2 N–H and O–H groups in total. The van der Waals surface area contributed by atoms with Crippen molar-refractivity contribution < 1.29 is 0 Å². The Morgan fingerprint density at radius 3 is 2.39 bits per heavy atom. The predicted octanol–water partition coefficient (Wildman–Crippen LogP) is 4.60. The van der Waals surface area contributed by atoms with Crippen LogP contribution in [0, 0.1) is 0 Å². The summed E-state index contributed by atoms with van der Waals surface area (Å²) in [4.78, 5) is 0. The van der Waals surface area contributed by atoms with E-state index in [-0.39, 0.29) is 6.04 Å². The van der Waals surface area contributed by atoms with E-state index < -0.39 is 0 Å². The van der Waals surface area contributed by atoms with Gasteiger partial charge in [-0.15, -0.1) is 0 Å². The van der Waals surface area contributed by atoms with Crippen LogP contribution in [0.2, 0.25) is 10.0 Å². The molecule has 1 nitrogen and oxygen atoms in total. The van der Waals surface area contributed by atoms with E-state index in [9.17, 15) is 0 Å². The number of nitrogens with two attached hydrogens (primary N) is 1. The summed E-state index contributed by atoms with van der Waals surface area (Å²) in [7, 11) is 0. The molecule has 2 aromatic rings. The van der Waals surface area contributed by atoms with Crippen molar-refractivity contribution in [2.75, 3.05) is 0 Å². The van der Waals surface area contributed by atoms with Gasteiger partial charge in [0.2, 0.25) is 0 Å². The summed E-state index contributed by atoms with van der Waals surface area (Å²) in [6.45, 7) is 2.12. The van der Waals surface area contributed by atoms with Crippen molar-refractivity contribution in [2.24, 2.45) is 5.73 Å². The van der Waals surface area contributed by atoms with Gasteiger partial charge in [0.1, 0.15) is 0 Å². The molecule has 0 aromatic heterocycles. The fraction of sp³-hybridized carbons (Fsp3) is 0.200. The van der Waals surface area contributed by atoms with Gasteiger partial charge in [-0.05, 0) is 29.2 Å². The minimum atomic E-state index is -0.243. The summed E-state index contributed by atoms with van der Waals surface area (Å²) in [5.41, 5.74) is 9.52.